The zero-order valence-corrected chi connectivity index (χ0v) is 42.1. The third-order valence-corrected chi connectivity index (χ3v) is 12.9. The van der Waals surface area contributed by atoms with Crippen molar-refractivity contribution in [2.75, 3.05) is 63.4 Å². The molecule has 0 saturated carbocycles. The Bertz CT molecular complexity index is 2670. The van der Waals surface area contributed by atoms with Crippen molar-refractivity contribution in [1.29, 1.82) is 0 Å². The van der Waals surface area contributed by atoms with Crippen LogP contribution in [0, 0.1) is 35.3 Å². The molecule has 0 spiro atoms. The van der Waals surface area contributed by atoms with E-state index in [0.717, 1.165) is 0 Å². The number of H-pyrrole nitrogens is 2. The maximum absolute atomic E-state index is 14.4. The molecule has 6 rings (SSSR count). The molecule has 6 N–H and O–H groups in total. The highest BCUT2D eigenvalue weighted by Crippen LogP contribution is 2.40. The Morgan fingerprint density at radius 3 is 1.32 bits per heavy atom. The monoisotopic (exact) mass is 990 g/mol. The summed E-state index contributed by atoms with van der Waals surface area (Å²) in [6.45, 7) is 11.0. The van der Waals surface area contributed by atoms with Crippen molar-refractivity contribution in [3.05, 3.63) is 127 Å². The smallest absolute Gasteiger partial charge is 0.252 e. The average molecular weight is 991 g/mol. The normalized spacial score (nSPS) is 15.7. The molecular formula is C54H64F2N8O8. The van der Waals surface area contributed by atoms with Gasteiger partial charge in [-0.2, -0.15) is 0 Å². The molecule has 0 unspecified atom stereocenters. The van der Waals surface area contributed by atoms with Crippen molar-refractivity contribution in [2.24, 2.45) is 0 Å². The van der Waals surface area contributed by atoms with Crippen LogP contribution in [0.5, 0.6) is 0 Å². The summed E-state index contributed by atoms with van der Waals surface area (Å²) in [5.41, 5.74) is 2.45. The van der Waals surface area contributed by atoms with Crippen LogP contribution in [0.25, 0.3) is 0 Å². The lowest BCUT2D eigenvalue weighted by Gasteiger charge is -2.27. The van der Waals surface area contributed by atoms with Crippen molar-refractivity contribution in [3.8, 4) is 23.7 Å². The van der Waals surface area contributed by atoms with Crippen LogP contribution in [0.15, 0.2) is 70.3 Å². The fraction of sp³-hybridized carbons (Fsp3) is 0.444. The Labute approximate surface area is 418 Å². The molecular weight excluding hydrogens is 927 g/mol. The minimum Gasteiger partial charge on any atom is -0.366 e. The predicted molar refractivity (Wildman–Crippen MR) is 271 cm³/mol. The van der Waals surface area contributed by atoms with Gasteiger partial charge >= 0.3 is 0 Å². The van der Waals surface area contributed by atoms with Crippen molar-refractivity contribution >= 4 is 35.0 Å². The number of hydrogen-bond acceptors (Lipinski definition) is 10. The molecule has 4 aromatic rings. The number of nitrogens with zero attached hydrogens (tertiary/aromatic N) is 2. The Hall–Kier alpha value is -6.96. The highest BCUT2D eigenvalue weighted by molar-refractivity contribution is 6.02. The molecule has 0 aliphatic carbocycles. The molecule has 0 bridgehead atoms. The first kappa shape index (κ1) is 54.4. The molecule has 72 heavy (non-hydrogen) atoms. The van der Waals surface area contributed by atoms with Gasteiger partial charge in [0.2, 0.25) is 11.8 Å². The van der Waals surface area contributed by atoms with Gasteiger partial charge in [-0.3, -0.25) is 28.8 Å². The van der Waals surface area contributed by atoms with Gasteiger partial charge in [0.15, 0.2) is 0 Å². The Balaban J connectivity index is 1.11. The topological polar surface area (TPSA) is 207 Å². The number of pyridine rings is 2. The van der Waals surface area contributed by atoms with Crippen LogP contribution in [-0.2, 0) is 52.3 Å². The second-order valence-electron chi connectivity index (χ2n) is 19.2. The second kappa shape index (κ2) is 24.0. The van der Waals surface area contributed by atoms with Crippen LogP contribution in [0.4, 0.5) is 20.2 Å². The number of amides is 4. The van der Waals surface area contributed by atoms with Gasteiger partial charge in [-0.25, -0.2) is 8.78 Å². The molecule has 4 atom stereocenters. The minimum absolute atomic E-state index is 0.146. The van der Waals surface area contributed by atoms with E-state index >= 15 is 0 Å². The molecule has 4 amide bonds. The summed E-state index contributed by atoms with van der Waals surface area (Å²) in [6, 6.07) is 11.6. The number of likely N-dealkylation sites (N-methyl/N-ethyl adjacent to an activating group) is 2. The van der Waals surface area contributed by atoms with E-state index in [0.29, 0.717) is 57.9 Å². The fourth-order valence-corrected chi connectivity index (χ4v) is 8.93. The maximum Gasteiger partial charge on any atom is 0.252 e. The maximum atomic E-state index is 14.4. The number of hydrogen-bond donors (Lipinski definition) is 6. The summed E-state index contributed by atoms with van der Waals surface area (Å²) in [5.74, 6) is 8.45. The summed E-state index contributed by atoms with van der Waals surface area (Å²) in [7, 11) is 3.30. The molecule has 18 heteroatoms. The van der Waals surface area contributed by atoms with Gasteiger partial charge in [0.1, 0.15) is 36.9 Å². The summed E-state index contributed by atoms with van der Waals surface area (Å²) < 4.78 is 38.9. The van der Waals surface area contributed by atoms with Crippen LogP contribution in [-0.4, -0.2) is 111 Å². The number of aromatic nitrogens is 2. The number of aromatic amines is 2. The minimum atomic E-state index is -1.13. The Morgan fingerprint density at radius 2 is 0.986 bits per heavy atom. The number of benzene rings is 2. The van der Waals surface area contributed by atoms with Crippen molar-refractivity contribution in [2.45, 2.75) is 102 Å². The van der Waals surface area contributed by atoms with Gasteiger partial charge in [-0.05, 0) is 86.3 Å². The van der Waals surface area contributed by atoms with Gasteiger partial charge in [0.05, 0.1) is 36.7 Å². The third-order valence-electron chi connectivity index (χ3n) is 12.9. The van der Waals surface area contributed by atoms with Crippen LogP contribution < -0.4 is 42.2 Å². The molecule has 2 aromatic carbocycles. The standard InChI is InChI=1S/C54H64F2N8O8/c1-9-39(57-7)49(67)59-41(51(69)63-31-53(3,4)45-43(63)27-35(47(65)61-45)25-33-15-19-37(55)20-16-33)29-71-23-13-11-12-14-24-72-30-42(60-50(68)40(10-2)58-8)52(70)64-32-54(5,6)46-44(64)28-36(48(66)62-46)26-34-17-21-38(56)22-18-34/h15-22,27-28,39-42,57-58H,9-10,23-26,29-32H2,1-8H3,(H,59,67)(H,60,68)(H,61,65)(H,62,66)/t39-,40-,41-,42-/m0/s1. The van der Waals surface area contributed by atoms with Crippen LogP contribution in [0.2, 0.25) is 0 Å². The number of nitrogens with one attached hydrogen (secondary N) is 6. The van der Waals surface area contributed by atoms with Gasteiger partial charge in [-0.15, -0.1) is 0 Å². The zero-order chi connectivity index (χ0) is 52.3. The molecule has 4 heterocycles. The number of rotatable bonds is 20. The predicted octanol–water partition coefficient (Wildman–Crippen LogP) is 3.48. The van der Waals surface area contributed by atoms with Crippen molar-refractivity contribution in [3.63, 3.8) is 0 Å². The molecule has 2 aliphatic rings. The number of halogens is 2. The van der Waals surface area contributed by atoms with E-state index in [4.69, 9.17) is 9.47 Å². The van der Waals surface area contributed by atoms with Crippen molar-refractivity contribution < 1.29 is 37.4 Å². The van der Waals surface area contributed by atoms with Crippen LogP contribution in [0.1, 0.15) is 88.0 Å². The molecule has 0 saturated heterocycles. The number of fused-ring (bicyclic) bond motifs is 2. The lowest BCUT2D eigenvalue weighted by molar-refractivity contribution is -0.130. The van der Waals surface area contributed by atoms with E-state index in [1.54, 1.807) is 50.5 Å². The molecule has 382 valence electrons. The summed E-state index contributed by atoms with van der Waals surface area (Å²) >= 11 is 0. The fourth-order valence-electron chi connectivity index (χ4n) is 8.93. The summed E-state index contributed by atoms with van der Waals surface area (Å²) in [5, 5.41) is 11.6. The first-order valence-electron chi connectivity index (χ1n) is 24.0. The van der Waals surface area contributed by atoms with Crippen LogP contribution in [0.3, 0.4) is 0 Å². The first-order chi connectivity index (χ1) is 34.3. The Morgan fingerprint density at radius 1 is 0.625 bits per heavy atom. The molecule has 0 fully saturated rings. The third kappa shape index (κ3) is 13.1. The van der Waals surface area contributed by atoms with E-state index in [1.165, 1.54) is 34.1 Å². The quantitative estimate of drug-likeness (QED) is 0.0562. The van der Waals surface area contributed by atoms with E-state index in [9.17, 15) is 37.5 Å². The Kier molecular flexibility index (Phi) is 18.1. The highest BCUT2D eigenvalue weighted by Gasteiger charge is 2.44. The molecule has 2 aromatic heterocycles. The SMILES string of the molecule is CC[C@H](NC)C(=O)N[C@@H](COCC#CC#CCOC[C@H](NC(=O)[C@H](CC)NC)C(=O)N1CC(C)(C)c2[nH]c(=O)c(Cc3ccc(F)cc3)cc21)C(=O)N1CC(C)(C)c2[nH]c(=O)c(Cc3ccc(F)cc3)cc21. The number of ether oxygens (including phenoxy) is 2. The lowest BCUT2D eigenvalue weighted by Crippen LogP contribution is -2.55. The average Bonchev–Trinajstić information content (AvgIpc) is 3.76. The number of anilines is 2. The van der Waals surface area contributed by atoms with E-state index in [1.807, 2.05) is 41.5 Å². The zero-order valence-electron chi connectivity index (χ0n) is 42.1. The van der Waals surface area contributed by atoms with Crippen molar-refractivity contribution in [1.82, 2.24) is 31.2 Å². The largest absolute Gasteiger partial charge is 0.366 e. The van der Waals surface area contributed by atoms with Crippen LogP contribution >= 0.6 is 0 Å². The van der Waals surface area contributed by atoms with Gasteiger partial charge in [0.25, 0.3) is 22.9 Å². The summed E-state index contributed by atoms with van der Waals surface area (Å²) in [6.07, 6.45) is 1.34. The van der Waals surface area contributed by atoms with Gasteiger partial charge in [0, 0.05) is 59.3 Å². The molecule has 16 nitrogen and oxygen atoms in total. The van der Waals surface area contributed by atoms with E-state index < -0.39 is 70.3 Å². The van der Waals surface area contributed by atoms with E-state index in [2.05, 4.69) is 54.9 Å². The lowest BCUT2D eigenvalue weighted by atomic mass is 9.91. The number of carbonyl (C=O) groups excluding carboxylic acids is 4. The molecule has 2 aliphatic heterocycles. The molecule has 0 radical (unpaired) electrons. The number of carbonyl (C=O) groups is 4. The second-order valence-corrected chi connectivity index (χ2v) is 19.2. The first-order valence-corrected chi connectivity index (χ1v) is 24.0. The van der Waals surface area contributed by atoms with Gasteiger partial charge in [-0.1, -0.05) is 77.6 Å². The summed E-state index contributed by atoms with van der Waals surface area (Å²) in [4.78, 5) is 90.9. The van der Waals surface area contributed by atoms with Gasteiger partial charge < -0.3 is 50.5 Å². The van der Waals surface area contributed by atoms with E-state index in [-0.39, 0.29) is 63.5 Å². The highest BCUT2D eigenvalue weighted by atomic mass is 19.1.